The number of amides is 1. The molecule has 0 aliphatic carbocycles. The van der Waals surface area contributed by atoms with E-state index in [9.17, 15) is 4.79 Å². The van der Waals surface area contributed by atoms with Crippen molar-refractivity contribution in [3.05, 3.63) is 64.7 Å². The van der Waals surface area contributed by atoms with Crippen LogP contribution in [0.1, 0.15) is 24.0 Å². The van der Waals surface area contributed by atoms with Crippen LogP contribution < -0.4 is 11.1 Å². The van der Waals surface area contributed by atoms with E-state index in [1.54, 1.807) is 0 Å². The molecule has 1 fully saturated rings. The van der Waals surface area contributed by atoms with E-state index in [2.05, 4.69) is 11.4 Å². The summed E-state index contributed by atoms with van der Waals surface area (Å²) >= 11 is 6.44. The fourth-order valence-electron chi connectivity index (χ4n) is 3.35. The third-order valence-corrected chi connectivity index (χ3v) is 5.19. The Morgan fingerprint density at radius 1 is 1.12 bits per heavy atom. The van der Waals surface area contributed by atoms with Crippen molar-refractivity contribution in [2.45, 2.75) is 24.7 Å². The SMILES string of the molecule is Nc1ccc(CC(=O)NCC2(c3ccccc3Cl)CCOCC2)cc1. The van der Waals surface area contributed by atoms with Crippen molar-refractivity contribution in [1.82, 2.24) is 5.32 Å². The van der Waals surface area contributed by atoms with Crippen molar-refractivity contribution >= 4 is 23.2 Å². The Bertz CT molecular complexity index is 725. The van der Waals surface area contributed by atoms with E-state index in [1.165, 1.54) is 0 Å². The molecule has 0 spiro atoms. The zero-order valence-corrected chi connectivity index (χ0v) is 14.9. The smallest absolute Gasteiger partial charge is 0.224 e. The van der Waals surface area contributed by atoms with E-state index in [-0.39, 0.29) is 11.3 Å². The fraction of sp³-hybridized carbons (Fsp3) is 0.350. The van der Waals surface area contributed by atoms with Gasteiger partial charge in [-0.3, -0.25) is 4.79 Å². The Balaban J connectivity index is 1.70. The molecule has 132 valence electrons. The summed E-state index contributed by atoms with van der Waals surface area (Å²) in [5, 5.41) is 3.85. The molecule has 3 rings (SSSR count). The highest BCUT2D eigenvalue weighted by Crippen LogP contribution is 2.38. The number of halogens is 1. The number of rotatable bonds is 5. The number of carbonyl (C=O) groups is 1. The summed E-state index contributed by atoms with van der Waals surface area (Å²) in [6, 6.07) is 15.3. The number of benzene rings is 2. The first-order chi connectivity index (χ1) is 12.1. The highest BCUT2D eigenvalue weighted by Gasteiger charge is 2.36. The van der Waals surface area contributed by atoms with Crippen LogP contribution in [0, 0.1) is 0 Å². The van der Waals surface area contributed by atoms with E-state index in [4.69, 9.17) is 22.1 Å². The van der Waals surface area contributed by atoms with Crippen molar-refractivity contribution in [1.29, 1.82) is 0 Å². The molecule has 0 unspecified atom stereocenters. The first-order valence-electron chi connectivity index (χ1n) is 8.53. The minimum Gasteiger partial charge on any atom is -0.399 e. The van der Waals surface area contributed by atoms with Crippen LogP contribution in [0.25, 0.3) is 0 Å². The van der Waals surface area contributed by atoms with E-state index in [0.29, 0.717) is 31.9 Å². The van der Waals surface area contributed by atoms with Crippen LogP contribution >= 0.6 is 11.6 Å². The van der Waals surface area contributed by atoms with Gasteiger partial charge in [-0.05, 0) is 42.2 Å². The van der Waals surface area contributed by atoms with Gasteiger partial charge in [-0.2, -0.15) is 0 Å². The molecule has 0 radical (unpaired) electrons. The second-order valence-electron chi connectivity index (χ2n) is 6.57. The van der Waals surface area contributed by atoms with Gasteiger partial charge in [0.1, 0.15) is 0 Å². The van der Waals surface area contributed by atoms with E-state index < -0.39 is 0 Å². The highest BCUT2D eigenvalue weighted by atomic mass is 35.5. The molecule has 0 saturated carbocycles. The Kier molecular flexibility index (Phi) is 5.61. The van der Waals surface area contributed by atoms with Gasteiger partial charge >= 0.3 is 0 Å². The van der Waals surface area contributed by atoms with Gasteiger partial charge in [0.15, 0.2) is 0 Å². The summed E-state index contributed by atoms with van der Waals surface area (Å²) < 4.78 is 5.53. The number of ether oxygens (including phenoxy) is 1. The molecule has 3 N–H and O–H groups in total. The predicted molar refractivity (Wildman–Crippen MR) is 101 cm³/mol. The molecule has 0 bridgehead atoms. The normalized spacial score (nSPS) is 16.4. The first-order valence-corrected chi connectivity index (χ1v) is 8.91. The molecular weight excluding hydrogens is 336 g/mol. The zero-order valence-electron chi connectivity index (χ0n) is 14.1. The van der Waals surface area contributed by atoms with Gasteiger partial charge in [0.05, 0.1) is 6.42 Å². The number of nitrogens with one attached hydrogen (secondary N) is 1. The maximum Gasteiger partial charge on any atom is 0.224 e. The van der Waals surface area contributed by atoms with Crippen molar-refractivity contribution < 1.29 is 9.53 Å². The van der Waals surface area contributed by atoms with Crippen LogP contribution in [0.3, 0.4) is 0 Å². The van der Waals surface area contributed by atoms with Gasteiger partial charge < -0.3 is 15.8 Å². The molecule has 5 heteroatoms. The minimum atomic E-state index is -0.173. The number of hydrogen-bond acceptors (Lipinski definition) is 3. The lowest BCUT2D eigenvalue weighted by Gasteiger charge is -2.38. The molecule has 2 aromatic rings. The molecule has 1 saturated heterocycles. The van der Waals surface area contributed by atoms with Crippen LogP contribution in [-0.4, -0.2) is 25.7 Å². The van der Waals surface area contributed by atoms with Gasteiger partial charge in [0, 0.05) is 35.9 Å². The van der Waals surface area contributed by atoms with Crippen LogP contribution in [-0.2, 0) is 21.4 Å². The average molecular weight is 359 g/mol. The number of carbonyl (C=O) groups excluding carboxylic acids is 1. The molecule has 0 aromatic heterocycles. The standard InChI is InChI=1S/C20H23ClN2O2/c21-18-4-2-1-3-17(18)20(9-11-25-12-10-20)14-23-19(24)13-15-5-7-16(22)8-6-15/h1-8H,9-14,22H2,(H,23,24). The zero-order chi connectivity index (χ0) is 17.7. The van der Waals surface area contributed by atoms with Crippen LogP contribution in [0.4, 0.5) is 5.69 Å². The Labute approximate surface area is 153 Å². The topological polar surface area (TPSA) is 64.4 Å². The number of hydrogen-bond donors (Lipinski definition) is 2. The number of nitrogen functional groups attached to an aromatic ring is 1. The van der Waals surface area contributed by atoms with Crippen molar-refractivity contribution in [3.63, 3.8) is 0 Å². The third kappa shape index (κ3) is 4.33. The molecule has 1 amide bonds. The maximum absolute atomic E-state index is 12.4. The van der Waals surface area contributed by atoms with Gasteiger partial charge in [0.25, 0.3) is 0 Å². The van der Waals surface area contributed by atoms with Crippen molar-refractivity contribution in [2.75, 3.05) is 25.5 Å². The van der Waals surface area contributed by atoms with Gasteiger partial charge in [-0.15, -0.1) is 0 Å². The molecule has 25 heavy (non-hydrogen) atoms. The molecular formula is C20H23ClN2O2. The lowest BCUT2D eigenvalue weighted by Crippen LogP contribution is -2.45. The Morgan fingerprint density at radius 2 is 1.80 bits per heavy atom. The maximum atomic E-state index is 12.4. The Hall–Kier alpha value is -2.04. The molecule has 0 atom stereocenters. The summed E-state index contributed by atoms with van der Waals surface area (Å²) in [6.07, 6.45) is 2.03. The molecule has 1 aliphatic rings. The molecule has 2 aromatic carbocycles. The summed E-state index contributed by atoms with van der Waals surface area (Å²) in [5.74, 6) is 0.00249. The predicted octanol–water partition coefficient (Wildman–Crippen LogP) is 3.33. The second kappa shape index (κ2) is 7.89. The monoisotopic (exact) mass is 358 g/mol. The first kappa shape index (κ1) is 17.8. The number of nitrogens with two attached hydrogens (primary N) is 1. The summed E-state index contributed by atoms with van der Waals surface area (Å²) in [4.78, 5) is 12.4. The van der Waals surface area contributed by atoms with E-state index >= 15 is 0 Å². The second-order valence-corrected chi connectivity index (χ2v) is 6.97. The Morgan fingerprint density at radius 3 is 2.48 bits per heavy atom. The van der Waals surface area contributed by atoms with Crippen LogP contribution in [0.2, 0.25) is 5.02 Å². The fourth-order valence-corrected chi connectivity index (χ4v) is 3.68. The minimum absolute atomic E-state index is 0.00249. The quantitative estimate of drug-likeness (QED) is 0.806. The van der Waals surface area contributed by atoms with Crippen molar-refractivity contribution in [2.24, 2.45) is 0 Å². The molecule has 1 heterocycles. The summed E-state index contributed by atoms with van der Waals surface area (Å²) in [6.45, 7) is 1.92. The van der Waals surface area contributed by atoms with Crippen LogP contribution in [0.15, 0.2) is 48.5 Å². The molecule has 1 aliphatic heterocycles. The summed E-state index contributed by atoms with van der Waals surface area (Å²) in [5.41, 5.74) is 8.25. The van der Waals surface area contributed by atoms with Gasteiger partial charge in [-0.1, -0.05) is 41.9 Å². The van der Waals surface area contributed by atoms with Gasteiger partial charge in [-0.25, -0.2) is 0 Å². The lowest BCUT2D eigenvalue weighted by atomic mass is 9.74. The largest absolute Gasteiger partial charge is 0.399 e. The lowest BCUT2D eigenvalue weighted by molar-refractivity contribution is -0.120. The van der Waals surface area contributed by atoms with E-state index in [0.717, 1.165) is 29.0 Å². The van der Waals surface area contributed by atoms with Crippen LogP contribution in [0.5, 0.6) is 0 Å². The van der Waals surface area contributed by atoms with E-state index in [1.807, 2.05) is 42.5 Å². The summed E-state index contributed by atoms with van der Waals surface area (Å²) in [7, 11) is 0. The highest BCUT2D eigenvalue weighted by molar-refractivity contribution is 6.31. The van der Waals surface area contributed by atoms with Gasteiger partial charge in [0.2, 0.25) is 5.91 Å². The number of anilines is 1. The average Bonchev–Trinajstić information content (AvgIpc) is 2.63. The molecule has 4 nitrogen and oxygen atoms in total. The third-order valence-electron chi connectivity index (χ3n) is 4.86. The van der Waals surface area contributed by atoms with Crippen molar-refractivity contribution in [3.8, 4) is 0 Å².